The molecule has 0 saturated carbocycles. The second kappa shape index (κ2) is 7.09. The number of hydrogen-bond acceptors (Lipinski definition) is 4. The fraction of sp³-hybridized carbons (Fsp3) is 0.158. The quantitative estimate of drug-likeness (QED) is 0.775. The SMILES string of the molecule is COc1ccc(NC(=O)c2cc(-c3ccccc3)n(C)n2)cc1OC. The molecule has 0 aliphatic carbocycles. The van der Waals surface area contributed by atoms with Crippen LogP contribution in [0.3, 0.4) is 0 Å². The summed E-state index contributed by atoms with van der Waals surface area (Å²) in [6, 6.07) is 16.8. The number of aryl methyl sites for hydroxylation is 1. The third kappa shape index (κ3) is 3.47. The third-order valence-electron chi connectivity index (χ3n) is 3.82. The van der Waals surface area contributed by atoms with Gasteiger partial charge in [0.1, 0.15) is 0 Å². The first-order valence-electron chi connectivity index (χ1n) is 7.75. The van der Waals surface area contributed by atoms with E-state index in [1.165, 1.54) is 0 Å². The van der Waals surface area contributed by atoms with Crippen molar-refractivity contribution < 1.29 is 14.3 Å². The molecule has 6 heteroatoms. The summed E-state index contributed by atoms with van der Waals surface area (Å²) >= 11 is 0. The molecular formula is C19H19N3O3. The van der Waals surface area contributed by atoms with Gasteiger partial charge in [-0.15, -0.1) is 0 Å². The van der Waals surface area contributed by atoms with Crippen LogP contribution in [0, 0.1) is 0 Å². The van der Waals surface area contributed by atoms with Crippen LogP contribution in [0.1, 0.15) is 10.5 Å². The zero-order valence-electron chi connectivity index (χ0n) is 14.3. The molecule has 6 nitrogen and oxygen atoms in total. The van der Waals surface area contributed by atoms with Gasteiger partial charge in [0.05, 0.1) is 19.9 Å². The fourth-order valence-electron chi connectivity index (χ4n) is 2.57. The molecule has 0 bridgehead atoms. The minimum Gasteiger partial charge on any atom is -0.493 e. The van der Waals surface area contributed by atoms with Crippen LogP contribution in [-0.4, -0.2) is 29.9 Å². The van der Waals surface area contributed by atoms with Crippen LogP contribution >= 0.6 is 0 Å². The van der Waals surface area contributed by atoms with Crippen LogP contribution in [0.2, 0.25) is 0 Å². The number of aromatic nitrogens is 2. The minimum absolute atomic E-state index is 0.287. The Morgan fingerprint density at radius 1 is 1.00 bits per heavy atom. The van der Waals surface area contributed by atoms with E-state index in [0.717, 1.165) is 11.3 Å². The van der Waals surface area contributed by atoms with Gasteiger partial charge in [0.25, 0.3) is 5.91 Å². The van der Waals surface area contributed by atoms with Gasteiger partial charge in [-0.05, 0) is 23.8 Å². The van der Waals surface area contributed by atoms with Gasteiger partial charge in [0, 0.05) is 18.8 Å². The Bertz CT molecular complexity index is 888. The molecule has 1 heterocycles. The molecule has 1 N–H and O–H groups in total. The van der Waals surface area contributed by atoms with Crippen LogP contribution < -0.4 is 14.8 Å². The lowest BCUT2D eigenvalue weighted by molar-refractivity contribution is 0.102. The molecule has 128 valence electrons. The molecule has 25 heavy (non-hydrogen) atoms. The highest BCUT2D eigenvalue weighted by Crippen LogP contribution is 2.30. The number of carbonyl (C=O) groups excluding carboxylic acids is 1. The van der Waals surface area contributed by atoms with Crippen molar-refractivity contribution in [1.82, 2.24) is 9.78 Å². The maximum absolute atomic E-state index is 12.5. The van der Waals surface area contributed by atoms with Gasteiger partial charge in [0.2, 0.25) is 0 Å². The first-order chi connectivity index (χ1) is 12.1. The van der Waals surface area contributed by atoms with Crippen molar-refractivity contribution >= 4 is 11.6 Å². The Labute approximate surface area is 146 Å². The van der Waals surface area contributed by atoms with Crippen LogP contribution in [0.5, 0.6) is 11.5 Å². The molecule has 1 amide bonds. The van der Waals surface area contributed by atoms with Gasteiger partial charge < -0.3 is 14.8 Å². The number of nitrogens with one attached hydrogen (secondary N) is 1. The van der Waals surface area contributed by atoms with E-state index in [0.29, 0.717) is 22.9 Å². The first kappa shape index (κ1) is 16.6. The first-order valence-corrected chi connectivity index (χ1v) is 7.75. The summed E-state index contributed by atoms with van der Waals surface area (Å²) in [5.41, 5.74) is 2.83. The highest BCUT2D eigenvalue weighted by Gasteiger charge is 2.15. The van der Waals surface area contributed by atoms with Gasteiger partial charge in [-0.1, -0.05) is 30.3 Å². The number of methoxy groups -OCH3 is 2. The molecule has 3 aromatic rings. The summed E-state index contributed by atoms with van der Waals surface area (Å²) in [5.74, 6) is 0.862. The number of nitrogens with zero attached hydrogens (tertiary/aromatic N) is 2. The van der Waals surface area contributed by atoms with Crippen molar-refractivity contribution in [2.24, 2.45) is 7.05 Å². The number of carbonyl (C=O) groups is 1. The van der Waals surface area contributed by atoms with E-state index in [4.69, 9.17) is 9.47 Å². The van der Waals surface area contributed by atoms with Gasteiger partial charge in [0.15, 0.2) is 17.2 Å². The van der Waals surface area contributed by atoms with Crippen molar-refractivity contribution in [3.8, 4) is 22.8 Å². The molecule has 0 radical (unpaired) electrons. The molecule has 0 saturated heterocycles. The van der Waals surface area contributed by atoms with Crippen LogP contribution in [-0.2, 0) is 7.05 Å². The molecule has 1 aromatic heterocycles. The third-order valence-corrected chi connectivity index (χ3v) is 3.82. The van der Waals surface area contributed by atoms with Gasteiger partial charge in [-0.2, -0.15) is 5.10 Å². The predicted octanol–water partition coefficient (Wildman–Crippen LogP) is 3.36. The summed E-state index contributed by atoms with van der Waals surface area (Å²) in [6.45, 7) is 0. The summed E-state index contributed by atoms with van der Waals surface area (Å²) in [4.78, 5) is 12.5. The largest absolute Gasteiger partial charge is 0.493 e. The molecule has 3 rings (SSSR count). The number of hydrogen-bond donors (Lipinski definition) is 1. The second-order valence-electron chi connectivity index (χ2n) is 5.43. The van der Waals surface area contributed by atoms with Crippen molar-refractivity contribution in [2.45, 2.75) is 0 Å². The zero-order chi connectivity index (χ0) is 17.8. The summed E-state index contributed by atoms with van der Waals surface area (Å²) in [6.07, 6.45) is 0. The van der Waals surface area contributed by atoms with Gasteiger partial charge in [-0.25, -0.2) is 0 Å². The number of benzene rings is 2. The number of anilines is 1. The van der Waals surface area contributed by atoms with Crippen LogP contribution in [0.4, 0.5) is 5.69 Å². The molecule has 0 fully saturated rings. The normalized spacial score (nSPS) is 10.4. The molecule has 0 spiro atoms. The van der Waals surface area contributed by atoms with E-state index < -0.39 is 0 Å². The Morgan fingerprint density at radius 3 is 2.40 bits per heavy atom. The Hall–Kier alpha value is -3.28. The van der Waals surface area contributed by atoms with Crippen LogP contribution in [0.25, 0.3) is 11.3 Å². The number of ether oxygens (including phenoxy) is 2. The zero-order valence-corrected chi connectivity index (χ0v) is 14.3. The number of amides is 1. The monoisotopic (exact) mass is 337 g/mol. The van der Waals surface area contributed by atoms with Crippen LogP contribution in [0.15, 0.2) is 54.6 Å². The van der Waals surface area contributed by atoms with E-state index in [1.807, 2.05) is 37.4 Å². The summed E-state index contributed by atoms with van der Waals surface area (Å²) in [7, 11) is 4.93. The Kier molecular flexibility index (Phi) is 4.70. The van der Waals surface area contributed by atoms with Gasteiger partial charge >= 0.3 is 0 Å². The predicted molar refractivity (Wildman–Crippen MR) is 96.1 cm³/mol. The lowest BCUT2D eigenvalue weighted by Gasteiger charge is -2.09. The second-order valence-corrected chi connectivity index (χ2v) is 5.43. The van der Waals surface area contributed by atoms with E-state index in [-0.39, 0.29) is 5.91 Å². The molecule has 0 atom stereocenters. The average Bonchev–Trinajstić information content (AvgIpc) is 3.04. The van der Waals surface area contributed by atoms with Crippen molar-refractivity contribution in [1.29, 1.82) is 0 Å². The topological polar surface area (TPSA) is 65.4 Å². The highest BCUT2D eigenvalue weighted by atomic mass is 16.5. The summed E-state index contributed by atoms with van der Waals surface area (Å²) < 4.78 is 12.1. The number of rotatable bonds is 5. The molecular weight excluding hydrogens is 318 g/mol. The van der Waals surface area contributed by atoms with E-state index >= 15 is 0 Å². The van der Waals surface area contributed by atoms with Crippen molar-refractivity contribution in [3.05, 3.63) is 60.3 Å². The van der Waals surface area contributed by atoms with E-state index in [1.54, 1.807) is 43.2 Å². The molecule has 0 unspecified atom stereocenters. The minimum atomic E-state index is -0.287. The maximum atomic E-state index is 12.5. The smallest absolute Gasteiger partial charge is 0.276 e. The average molecular weight is 337 g/mol. The highest BCUT2D eigenvalue weighted by molar-refractivity contribution is 6.03. The molecule has 2 aromatic carbocycles. The lowest BCUT2D eigenvalue weighted by atomic mass is 10.1. The Balaban J connectivity index is 1.83. The van der Waals surface area contributed by atoms with E-state index in [2.05, 4.69) is 10.4 Å². The lowest BCUT2D eigenvalue weighted by Crippen LogP contribution is -2.13. The molecule has 0 aliphatic rings. The molecule has 0 aliphatic heterocycles. The standard InChI is InChI=1S/C19H19N3O3/c1-22-16(13-7-5-4-6-8-13)12-15(21-22)19(23)20-14-9-10-17(24-2)18(11-14)25-3/h4-12H,1-3H3,(H,20,23). The maximum Gasteiger partial charge on any atom is 0.276 e. The fourth-order valence-corrected chi connectivity index (χ4v) is 2.57. The van der Waals surface area contributed by atoms with E-state index in [9.17, 15) is 4.79 Å². The Morgan fingerprint density at radius 2 is 1.72 bits per heavy atom. The van der Waals surface area contributed by atoms with Gasteiger partial charge in [-0.3, -0.25) is 9.48 Å². The van der Waals surface area contributed by atoms with Crippen molar-refractivity contribution in [3.63, 3.8) is 0 Å². The summed E-state index contributed by atoms with van der Waals surface area (Å²) in [5, 5.41) is 7.13. The van der Waals surface area contributed by atoms with Crippen molar-refractivity contribution in [2.75, 3.05) is 19.5 Å².